The van der Waals surface area contributed by atoms with Gasteiger partial charge in [0.25, 0.3) is 0 Å². The fraction of sp³-hybridized carbons (Fsp3) is 0.895. The molecule has 0 aromatic rings. The molecule has 3 rings (SSSR count). The third-order valence-corrected chi connectivity index (χ3v) is 6.11. The Balaban J connectivity index is 1.53. The van der Waals surface area contributed by atoms with E-state index in [1.165, 1.54) is 32.1 Å². The van der Waals surface area contributed by atoms with Crippen molar-refractivity contribution in [1.29, 1.82) is 0 Å². The molecule has 136 valence electrons. The molecule has 2 saturated heterocycles. The maximum absolute atomic E-state index is 12.9. The lowest BCUT2D eigenvalue weighted by molar-refractivity contribution is -0.142. The number of amides is 2. The van der Waals surface area contributed by atoms with Crippen LogP contribution >= 0.6 is 0 Å². The molecule has 1 N–H and O–H groups in total. The Hall–Kier alpha value is -1.10. The maximum atomic E-state index is 12.9. The van der Waals surface area contributed by atoms with Crippen molar-refractivity contribution in [2.75, 3.05) is 32.7 Å². The highest BCUT2D eigenvalue weighted by Gasteiger charge is 2.33. The Bertz CT molecular complexity index is 448. The first-order chi connectivity index (χ1) is 11.6. The highest BCUT2D eigenvalue weighted by Crippen LogP contribution is 2.30. The van der Waals surface area contributed by atoms with Gasteiger partial charge in [-0.25, -0.2) is 0 Å². The highest BCUT2D eigenvalue weighted by molar-refractivity contribution is 5.80. The van der Waals surface area contributed by atoms with Crippen LogP contribution in [0.4, 0.5) is 0 Å². The summed E-state index contributed by atoms with van der Waals surface area (Å²) in [7, 11) is 0. The first-order valence-electron chi connectivity index (χ1n) is 9.94. The van der Waals surface area contributed by atoms with Crippen molar-refractivity contribution < 1.29 is 9.59 Å². The van der Waals surface area contributed by atoms with Crippen LogP contribution in [0.3, 0.4) is 0 Å². The van der Waals surface area contributed by atoms with E-state index in [0.717, 1.165) is 51.4 Å². The number of nitrogens with one attached hydrogen (secondary N) is 1. The number of carbonyl (C=O) groups excluding carboxylic acids is 2. The molecule has 2 atom stereocenters. The first kappa shape index (κ1) is 17.7. The largest absolute Gasteiger partial charge is 0.340 e. The van der Waals surface area contributed by atoms with Crippen LogP contribution in [0.1, 0.15) is 58.3 Å². The molecule has 3 fully saturated rings. The second-order valence-corrected chi connectivity index (χ2v) is 7.99. The summed E-state index contributed by atoms with van der Waals surface area (Å²) in [4.78, 5) is 29.1. The second kappa shape index (κ2) is 8.32. The second-order valence-electron chi connectivity index (χ2n) is 7.99. The molecule has 2 amide bonds. The van der Waals surface area contributed by atoms with E-state index >= 15 is 0 Å². The van der Waals surface area contributed by atoms with Crippen molar-refractivity contribution in [1.82, 2.24) is 15.1 Å². The Kier molecular flexibility index (Phi) is 6.14. The van der Waals surface area contributed by atoms with Crippen molar-refractivity contribution in [3.63, 3.8) is 0 Å². The molecule has 0 aromatic heterocycles. The topological polar surface area (TPSA) is 52.7 Å². The highest BCUT2D eigenvalue weighted by atomic mass is 16.2. The SMILES string of the molecule is CC(CC1CCCCC1)C(=O)N1CCCC(N2CCNCC2=O)C1. The van der Waals surface area contributed by atoms with E-state index < -0.39 is 0 Å². The number of piperidine rings is 1. The van der Waals surface area contributed by atoms with Gasteiger partial charge >= 0.3 is 0 Å². The summed E-state index contributed by atoms with van der Waals surface area (Å²) in [6, 6.07) is 0.221. The number of hydrogen-bond acceptors (Lipinski definition) is 3. The van der Waals surface area contributed by atoms with Gasteiger partial charge in [-0.2, -0.15) is 0 Å². The smallest absolute Gasteiger partial charge is 0.236 e. The number of piperazine rings is 1. The first-order valence-corrected chi connectivity index (χ1v) is 9.94. The summed E-state index contributed by atoms with van der Waals surface area (Å²) in [5, 5.41) is 3.13. The molecule has 0 bridgehead atoms. The number of carbonyl (C=O) groups is 2. The van der Waals surface area contributed by atoms with Crippen molar-refractivity contribution in [3.05, 3.63) is 0 Å². The fourth-order valence-electron chi connectivity index (χ4n) is 4.75. The van der Waals surface area contributed by atoms with Gasteiger partial charge in [-0.15, -0.1) is 0 Å². The third-order valence-electron chi connectivity index (χ3n) is 6.11. The van der Waals surface area contributed by atoms with E-state index in [1.807, 2.05) is 9.80 Å². The van der Waals surface area contributed by atoms with Gasteiger partial charge < -0.3 is 15.1 Å². The van der Waals surface area contributed by atoms with E-state index in [9.17, 15) is 9.59 Å². The molecule has 2 unspecified atom stereocenters. The van der Waals surface area contributed by atoms with Crippen LogP contribution in [0, 0.1) is 11.8 Å². The van der Waals surface area contributed by atoms with Gasteiger partial charge in [0.1, 0.15) is 0 Å². The van der Waals surface area contributed by atoms with E-state index in [-0.39, 0.29) is 17.9 Å². The predicted molar refractivity (Wildman–Crippen MR) is 94.5 cm³/mol. The Labute approximate surface area is 146 Å². The molecule has 24 heavy (non-hydrogen) atoms. The summed E-state index contributed by atoms with van der Waals surface area (Å²) in [5.41, 5.74) is 0. The minimum absolute atomic E-state index is 0.130. The molecule has 1 aliphatic carbocycles. The van der Waals surface area contributed by atoms with Crippen molar-refractivity contribution in [3.8, 4) is 0 Å². The van der Waals surface area contributed by atoms with Crippen LogP contribution in [0.15, 0.2) is 0 Å². The molecule has 5 heteroatoms. The Morgan fingerprint density at radius 1 is 1.17 bits per heavy atom. The van der Waals surface area contributed by atoms with Gasteiger partial charge in [-0.05, 0) is 25.2 Å². The normalized spacial score (nSPS) is 28.0. The standard InChI is InChI=1S/C19H33N3O2/c1-15(12-16-6-3-2-4-7-16)19(24)21-10-5-8-17(14-21)22-11-9-20-13-18(22)23/h15-17,20H,2-14H2,1H3. The molecule has 0 spiro atoms. The number of hydrogen-bond donors (Lipinski definition) is 1. The molecule has 0 radical (unpaired) electrons. The zero-order chi connectivity index (χ0) is 16.9. The van der Waals surface area contributed by atoms with Gasteiger partial charge in [0, 0.05) is 38.1 Å². The molecule has 3 aliphatic rings. The molecule has 2 heterocycles. The van der Waals surface area contributed by atoms with Crippen LogP contribution in [-0.2, 0) is 9.59 Å². The number of likely N-dealkylation sites (tertiary alicyclic amines) is 1. The lowest BCUT2D eigenvalue weighted by atomic mass is 9.83. The zero-order valence-corrected chi connectivity index (χ0v) is 15.1. The molecule has 2 aliphatic heterocycles. The lowest BCUT2D eigenvalue weighted by Crippen LogP contribution is -2.58. The summed E-state index contributed by atoms with van der Waals surface area (Å²) in [6.45, 7) is 5.81. The van der Waals surface area contributed by atoms with Gasteiger partial charge in [0.05, 0.1) is 6.54 Å². The summed E-state index contributed by atoms with van der Waals surface area (Å²) < 4.78 is 0. The monoisotopic (exact) mass is 335 g/mol. The van der Waals surface area contributed by atoms with Crippen LogP contribution in [0.5, 0.6) is 0 Å². The van der Waals surface area contributed by atoms with Gasteiger partial charge in [-0.1, -0.05) is 39.0 Å². The molecule has 0 aromatic carbocycles. The minimum atomic E-state index is 0.130. The van der Waals surface area contributed by atoms with Gasteiger partial charge in [-0.3, -0.25) is 9.59 Å². The number of nitrogens with zero attached hydrogens (tertiary/aromatic N) is 2. The third kappa shape index (κ3) is 4.29. The minimum Gasteiger partial charge on any atom is -0.340 e. The van der Waals surface area contributed by atoms with Gasteiger partial charge in [0.2, 0.25) is 11.8 Å². The Morgan fingerprint density at radius 2 is 1.96 bits per heavy atom. The molecular formula is C19H33N3O2. The van der Waals surface area contributed by atoms with E-state index in [0.29, 0.717) is 12.5 Å². The van der Waals surface area contributed by atoms with Gasteiger partial charge in [0.15, 0.2) is 0 Å². The molecule has 1 saturated carbocycles. The fourth-order valence-corrected chi connectivity index (χ4v) is 4.75. The average molecular weight is 335 g/mol. The van der Waals surface area contributed by atoms with Crippen molar-refractivity contribution >= 4 is 11.8 Å². The predicted octanol–water partition coefficient (Wildman–Crippen LogP) is 2.02. The molecular weight excluding hydrogens is 302 g/mol. The Morgan fingerprint density at radius 3 is 2.71 bits per heavy atom. The number of rotatable bonds is 4. The van der Waals surface area contributed by atoms with Crippen LogP contribution in [0.2, 0.25) is 0 Å². The van der Waals surface area contributed by atoms with Crippen LogP contribution in [0.25, 0.3) is 0 Å². The van der Waals surface area contributed by atoms with E-state index in [2.05, 4.69) is 12.2 Å². The summed E-state index contributed by atoms with van der Waals surface area (Å²) in [6.07, 6.45) is 9.74. The summed E-state index contributed by atoms with van der Waals surface area (Å²) >= 11 is 0. The van der Waals surface area contributed by atoms with Crippen LogP contribution in [-0.4, -0.2) is 60.4 Å². The van der Waals surface area contributed by atoms with Crippen LogP contribution < -0.4 is 5.32 Å². The molecule has 5 nitrogen and oxygen atoms in total. The van der Waals surface area contributed by atoms with Crippen molar-refractivity contribution in [2.24, 2.45) is 11.8 Å². The average Bonchev–Trinajstić information content (AvgIpc) is 2.62. The lowest BCUT2D eigenvalue weighted by Gasteiger charge is -2.42. The zero-order valence-electron chi connectivity index (χ0n) is 15.1. The quantitative estimate of drug-likeness (QED) is 0.855. The van der Waals surface area contributed by atoms with E-state index in [4.69, 9.17) is 0 Å². The summed E-state index contributed by atoms with van der Waals surface area (Å²) in [5.74, 6) is 1.38. The van der Waals surface area contributed by atoms with E-state index in [1.54, 1.807) is 0 Å². The maximum Gasteiger partial charge on any atom is 0.236 e. The van der Waals surface area contributed by atoms with Crippen molar-refractivity contribution in [2.45, 2.75) is 64.3 Å².